The number of carbonyl (C=O) groups is 1. The van der Waals surface area contributed by atoms with E-state index in [1.54, 1.807) is 7.11 Å². The minimum absolute atomic E-state index is 0.226. The number of piperazine rings is 1. The van der Waals surface area contributed by atoms with Gasteiger partial charge in [0.2, 0.25) is 0 Å². The van der Waals surface area contributed by atoms with Crippen molar-refractivity contribution in [3.63, 3.8) is 0 Å². The number of para-hydroxylation sites is 2. The molecule has 1 aliphatic heterocycles. The van der Waals surface area contributed by atoms with Crippen molar-refractivity contribution in [3.8, 4) is 5.75 Å². The third kappa shape index (κ3) is 5.25. The summed E-state index contributed by atoms with van der Waals surface area (Å²) in [4.78, 5) is 15.5. The van der Waals surface area contributed by atoms with Gasteiger partial charge in [-0.1, -0.05) is 12.1 Å². The van der Waals surface area contributed by atoms with Gasteiger partial charge < -0.3 is 20.1 Å². The Balaban J connectivity index is 1.43. The number of rotatable bonds is 6. The largest absolute Gasteiger partial charge is 0.495 e. The molecule has 0 aromatic heterocycles. The van der Waals surface area contributed by atoms with Crippen LogP contribution in [0.5, 0.6) is 5.75 Å². The van der Waals surface area contributed by atoms with E-state index < -0.39 is 11.8 Å². The fourth-order valence-electron chi connectivity index (χ4n) is 4.10. The minimum atomic E-state index is -1.16. The summed E-state index contributed by atoms with van der Waals surface area (Å²) >= 11 is 0. The zero-order valence-electron chi connectivity index (χ0n) is 16.0. The molecule has 1 aromatic rings. The third-order valence-corrected chi connectivity index (χ3v) is 5.79. The van der Waals surface area contributed by atoms with Gasteiger partial charge in [0, 0.05) is 32.7 Å². The van der Waals surface area contributed by atoms with Crippen LogP contribution in [0.15, 0.2) is 24.3 Å². The number of hydrogen-bond donors (Lipinski definition) is 1. The van der Waals surface area contributed by atoms with Gasteiger partial charge in [0.25, 0.3) is 0 Å². The van der Waals surface area contributed by atoms with Gasteiger partial charge in [-0.15, -0.1) is 0 Å². The van der Waals surface area contributed by atoms with E-state index in [2.05, 4.69) is 15.9 Å². The number of nitrogens with two attached hydrogens (primary N) is 1. The second-order valence-electron chi connectivity index (χ2n) is 7.54. The van der Waals surface area contributed by atoms with E-state index in [-0.39, 0.29) is 6.10 Å². The quantitative estimate of drug-likeness (QED) is 0.823. The van der Waals surface area contributed by atoms with Crippen molar-refractivity contribution in [1.82, 2.24) is 4.90 Å². The first-order valence-electron chi connectivity index (χ1n) is 9.74. The van der Waals surface area contributed by atoms with Crippen molar-refractivity contribution in [2.45, 2.75) is 43.9 Å². The molecule has 1 saturated heterocycles. The molecule has 0 bridgehead atoms. The van der Waals surface area contributed by atoms with Gasteiger partial charge in [-0.2, -0.15) is 0 Å². The van der Waals surface area contributed by atoms with Crippen LogP contribution in [-0.4, -0.2) is 62.6 Å². The molecule has 1 heterocycles. The Bertz CT molecular complexity index is 627. The minimum Gasteiger partial charge on any atom is -0.495 e. The van der Waals surface area contributed by atoms with Crippen LogP contribution < -0.4 is 15.4 Å². The lowest BCUT2D eigenvalue weighted by Gasteiger charge is -2.39. The molecule has 1 amide bonds. The number of carbonyl (C=O) groups excluding carboxylic acids is 1. The molecule has 6 nitrogen and oxygen atoms in total. The number of amides is 1. The maximum atomic E-state index is 15.1. The molecule has 7 heteroatoms. The summed E-state index contributed by atoms with van der Waals surface area (Å²) in [5.74, 6) is 0.892. The van der Waals surface area contributed by atoms with Crippen molar-refractivity contribution >= 4 is 11.8 Å². The summed E-state index contributed by atoms with van der Waals surface area (Å²) in [6.45, 7) is 4.42. The SMILES string of the molecule is COc1ccccc1N1CCN(CCC2(F)CCC(OC(N)=O)CC2)CC1. The average Bonchev–Trinajstić information content (AvgIpc) is 2.68. The summed E-state index contributed by atoms with van der Waals surface area (Å²) < 4.78 is 25.5. The van der Waals surface area contributed by atoms with E-state index in [1.165, 1.54) is 0 Å². The molecule has 0 atom stereocenters. The zero-order chi connectivity index (χ0) is 19.3. The fraction of sp³-hybridized carbons (Fsp3) is 0.650. The van der Waals surface area contributed by atoms with Gasteiger partial charge in [0.15, 0.2) is 0 Å². The molecule has 2 aliphatic rings. The standard InChI is InChI=1S/C20H30FN3O3/c1-26-18-5-3-2-4-17(18)24-14-12-23(13-15-24)11-10-20(21)8-6-16(7-9-20)27-19(22)25/h2-5,16H,6-15H2,1H3,(H2,22,25). The summed E-state index contributed by atoms with van der Waals surface area (Å²) in [5.41, 5.74) is 5.01. The van der Waals surface area contributed by atoms with Crippen LogP contribution in [0.3, 0.4) is 0 Å². The molecule has 2 fully saturated rings. The fourth-order valence-corrected chi connectivity index (χ4v) is 4.10. The van der Waals surface area contributed by atoms with E-state index >= 15 is 4.39 Å². The predicted molar refractivity (Wildman–Crippen MR) is 103 cm³/mol. The van der Waals surface area contributed by atoms with E-state index in [9.17, 15) is 4.79 Å². The first-order chi connectivity index (χ1) is 13.0. The van der Waals surface area contributed by atoms with Crippen molar-refractivity contribution in [2.24, 2.45) is 5.73 Å². The van der Waals surface area contributed by atoms with E-state index in [4.69, 9.17) is 15.2 Å². The lowest BCUT2D eigenvalue weighted by molar-refractivity contribution is 0.0120. The van der Waals surface area contributed by atoms with Crippen molar-refractivity contribution < 1.29 is 18.7 Å². The Morgan fingerprint density at radius 3 is 2.52 bits per heavy atom. The lowest BCUT2D eigenvalue weighted by Crippen LogP contribution is -2.48. The third-order valence-electron chi connectivity index (χ3n) is 5.79. The Morgan fingerprint density at radius 2 is 1.89 bits per heavy atom. The van der Waals surface area contributed by atoms with E-state index in [1.807, 2.05) is 18.2 Å². The molecule has 0 unspecified atom stereocenters. The average molecular weight is 379 g/mol. The number of anilines is 1. The predicted octanol–water partition coefficient (Wildman–Crippen LogP) is 2.95. The van der Waals surface area contributed by atoms with Crippen LogP contribution in [0.25, 0.3) is 0 Å². The number of methoxy groups -OCH3 is 1. The second kappa shape index (κ2) is 8.78. The summed E-state index contributed by atoms with van der Waals surface area (Å²) in [6, 6.07) is 8.06. The molecule has 2 N–H and O–H groups in total. The number of ether oxygens (including phenoxy) is 2. The second-order valence-corrected chi connectivity index (χ2v) is 7.54. The van der Waals surface area contributed by atoms with Crippen LogP contribution in [-0.2, 0) is 4.74 Å². The highest BCUT2D eigenvalue weighted by molar-refractivity contribution is 5.64. The van der Waals surface area contributed by atoms with Gasteiger partial charge in [-0.05, 0) is 44.2 Å². The van der Waals surface area contributed by atoms with Crippen molar-refractivity contribution in [2.75, 3.05) is 44.7 Å². The molecule has 150 valence electrons. The topological polar surface area (TPSA) is 68.0 Å². The van der Waals surface area contributed by atoms with Gasteiger partial charge in [0.1, 0.15) is 17.5 Å². The maximum Gasteiger partial charge on any atom is 0.404 e. The monoisotopic (exact) mass is 379 g/mol. The molecule has 0 spiro atoms. The van der Waals surface area contributed by atoms with Gasteiger partial charge in [-0.25, -0.2) is 9.18 Å². The van der Waals surface area contributed by atoms with Crippen LogP contribution in [0, 0.1) is 0 Å². The first-order valence-corrected chi connectivity index (χ1v) is 9.74. The van der Waals surface area contributed by atoms with Crippen LogP contribution in [0.4, 0.5) is 14.9 Å². The lowest BCUT2D eigenvalue weighted by atomic mass is 9.82. The number of hydrogen-bond acceptors (Lipinski definition) is 5. The Hall–Kier alpha value is -2.02. The van der Waals surface area contributed by atoms with Crippen molar-refractivity contribution in [3.05, 3.63) is 24.3 Å². The molecule has 1 saturated carbocycles. The summed E-state index contributed by atoms with van der Waals surface area (Å²) in [7, 11) is 1.69. The van der Waals surface area contributed by atoms with Crippen LogP contribution in [0.1, 0.15) is 32.1 Å². The highest BCUT2D eigenvalue weighted by Gasteiger charge is 2.36. The number of halogens is 1. The highest BCUT2D eigenvalue weighted by atomic mass is 19.1. The molecule has 0 radical (unpaired) electrons. The van der Waals surface area contributed by atoms with Gasteiger partial charge in [0.05, 0.1) is 12.8 Å². The number of benzene rings is 1. The van der Waals surface area contributed by atoms with Gasteiger partial charge >= 0.3 is 6.09 Å². The van der Waals surface area contributed by atoms with E-state index in [0.29, 0.717) is 32.1 Å². The van der Waals surface area contributed by atoms with Crippen LogP contribution >= 0.6 is 0 Å². The zero-order valence-corrected chi connectivity index (χ0v) is 16.0. The molecule has 1 aliphatic carbocycles. The highest BCUT2D eigenvalue weighted by Crippen LogP contribution is 2.36. The van der Waals surface area contributed by atoms with E-state index in [0.717, 1.165) is 44.2 Å². The Kier molecular flexibility index (Phi) is 6.42. The van der Waals surface area contributed by atoms with Crippen molar-refractivity contribution in [1.29, 1.82) is 0 Å². The van der Waals surface area contributed by atoms with Crippen LogP contribution in [0.2, 0.25) is 0 Å². The molecular formula is C20H30FN3O3. The Labute approximate surface area is 160 Å². The molecule has 3 rings (SSSR count). The van der Waals surface area contributed by atoms with Gasteiger partial charge in [-0.3, -0.25) is 4.90 Å². The molecule has 27 heavy (non-hydrogen) atoms. The summed E-state index contributed by atoms with van der Waals surface area (Å²) in [5, 5.41) is 0. The summed E-state index contributed by atoms with van der Waals surface area (Å²) in [6.07, 6.45) is 1.53. The molecule has 1 aromatic carbocycles. The Morgan fingerprint density at radius 1 is 1.22 bits per heavy atom. The number of primary amides is 1. The maximum absolute atomic E-state index is 15.1. The smallest absolute Gasteiger partial charge is 0.404 e. The normalized spacial score (nSPS) is 26.6. The number of alkyl halides is 1. The first kappa shape index (κ1) is 19.7. The molecular weight excluding hydrogens is 349 g/mol. The number of nitrogens with zero attached hydrogens (tertiary/aromatic N) is 2.